The number of anilines is 1. The molecule has 198 valence electrons. The lowest BCUT2D eigenvalue weighted by atomic mass is 10.1. The first-order chi connectivity index (χ1) is 17.5. The van der Waals surface area contributed by atoms with Crippen LogP contribution in [0, 0.1) is 0 Å². The number of amides is 2. The molecule has 2 amide bonds. The average Bonchev–Trinajstić information content (AvgIpc) is 2.88. The molecule has 0 fully saturated rings. The molecule has 2 aromatic carbocycles. The van der Waals surface area contributed by atoms with Gasteiger partial charge in [0.15, 0.2) is 6.10 Å². The van der Waals surface area contributed by atoms with E-state index >= 15 is 0 Å². The van der Waals surface area contributed by atoms with Crippen LogP contribution in [0.15, 0.2) is 48.5 Å². The van der Waals surface area contributed by atoms with Gasteiger partial charge in [0.25, 0.3) is 0 Å². The molecule has 0 spiro atoms. The monoisotopic (exact) mass is 518 g/mol. The summed E-state index contributed by atoms with van der Waals surface area (Å²) in [7, 11) is 1.59. The third-order valence-electron chi connectivity index (χ3n) is 5.37. The van der Waals surface area contributed by atoms with E-state index in [1.54, 1.807) is 37.1 Å². The van der Waals surface area contributed by atoms with Crippen LogP contribution >= 0.6 is 11.8 Å². The number of unbranched alkanes of at least 4 members (excludes halogenated alkanes) is 1. The zero-order valence-electron chi connectivity index (χ0n) is 21.4. The van der Waals surface area contributed by atoms with Gasteiger partial charge in [-0.1, -0.05) is 31.5 Å². The number of urea groups is 1. The van der Waals surface area contributed by atoms with Crippen molar-refractivity contribution in [3.05, 3.63) is 54.1 Å². The maximum atomic E-state index is 13.0. The number of benzene rings is 2. The second kappa shape index (κ2) is 16.7. The number of carbonyl (C=O) groups is 2. The van der Waals surface area contributed by atoms with Gasteiger partial charge >= 0.3 is 12.0 Å². The Bertz CT molecular complexity index is 925. The number of hydrogen-bond donors (Lipinski definition) is 2. The predicted octanol–water partition coefficient (Wildman–Crippen LogP) is 5.17. The molecule has 9 heteroatoms. The average molecular weight is 519 g/mol. The first kappa shape index (κ1) is 29.3. The van der Waals surface area contributed by atoms with E-state index < -0.39 is 12.1 Å². The lowest BCUT2D eigenvalue weighted by Gasteiger charge is -2.23. The molecule has 8 nitrogen and oxygen atoms in total. The standard InChI is InChI=1S/C27H38N2O6S/c1-4-6-17-36-18-15-29(27(32)28-22-8-7-9-24(20-22)33-3)14-16-35-23-12-10-21(11-13-23)19-25(26(30)31)34-5-2/h7-13,20,25H,4-6,14-19H2,1-3H3,(H,28,32)(H,30,31). The van der Waals surface area contributed by atoms with Gasteiger partial charge in [-0.15, -0.1) is 0 Å². The molecule has 0 saturated carbocycles. The van der Waals surface area contributed by atoms with Crippen molar-refractivity contribution < 1.29 is 28.9 Å². The van der Waals surface area contributed by atoms with Crippen LogP contribution in [0.3, 0.4) is 0 Å². The maximum Gasteiger partial charge on any atom is 0.333 e. The van der Waals surface area contributed by atoms with Gasteiger partial charge in [-0.2, -0.15) is 11.8 Å². The number of aliphatic carboxylic acids is 1. The Labute approximate surface area is 218 Å². The quantitative estimate of drug-likeness (QED) is 0.279. The van der Waals surface area contributed by atoms with Crippen molar-refractivity contribution in [3.8, 4) is 11.5 Å². The van der Waals surface area contributed by atoms with Gasteiger partial charge in [-0.05, 0) is 48.9 Å². The fraction of sp³-hybridized carbons (Fsp3) is 0.481. The second-order valence-electron chi connectivity index (χ2n) is 8.09. The van der Waals surface area contributed by atoms with Crippen LogP contribution in [0.25, 0.3) is 0 Å². The van der Waals surface area contributed by atoms with Crippen LogP contribution in [0.4, 0.5) is 10.5 Å². The van der Waals surface area contributed by atoms with Gasteiger partial charge in [-0.25, -0.2) is 9.59 Å². The summed E-state index contributed by atoms with van der Waals surface area (Å²) in [6.45, 7) is 5.66. The number of carbonyl (C=O) groups excluding carboxylic acids is 1. The molecule has 2 aromatic rings. The number of hydrogen-bond acceptors (Lipinski definition) is 6. The number of carboxylic acids is 1. The highest BCUT2D eigenvalue weighted by Gasteiger charge is 2.18. The molecule has 0 bridgehead atoms. The van der Waals surface area contributed by atoms with Gasteiger partial charge in [0, 0.05) is 37.1 Å². The topological polar surface area (TPSA) is 97.3 Å². The Kier molecular flexibility index (Phi) is 13.6. The van der Waals surface area contributed by atoms with Crippen LogP contribution < -0.4 is 14.8 Å². The summed E-state index contributed by atoms with van der Waals surface area (Å²) < 4.78 is 16.4. The van der Waals surface area contributed by atoms with E-state index in [2.05, 4.69) is 12.2 Å². The molecular weight excluding hydrogens is 480 g/mol. The van der Waals surface area contributed by atoms with Crippen molar-refractivity contribution in [1.82, 2.24) is 4.90 Å². The number of carboxylic acid groups (broad SMARTS) is 1. The molecular formula is C27H38N2O6S. The number of rotatable bonds is 17. The third kappa shape index (κ3) is 10.8. The third-order valence-corrected chi connectivity index (χ3v) is 6.42. The predicted molar refractivity (Wildman–Crippen MR) is 145 cm³/mol. The molecule has 1 unspecified atom stereocenters. The molecule has 0 saturated heterocycles. The van der Waals surface area contributed by atoms with Crippen molar-refractivity contribution in [2.45, 2.75) is 39.2 Å². The van der Waals surface area contributed by atoms with Crippen LogP contribution in [0.1, 0.15) is 32.3 Å². The summed E-state index contributed by atoms with van der Waals surface area (Å²) in [5, 5.41) is 12.2. The minimum absolute atomic E-state index is 0.186. The van der Waals surface area contributed by atoms with E-state index in [-0.39, 0.29) is 12.5 Å². The van der Waals surface area contributed by atoms with Crippen LogP contribution in [-0.2, 0) is 16.0 Å². The molecule has 0 aliphatic carbocycles. The number of ether oxygens (including phenoxy) is 3. The summed E-state index contributed by atoms with van der Waals surface area (Å²) in [6, 6.07) is 14.4. The van der Waals surface area contributed by atoms with Crippen molar-refractivity contribution >= 4 is 29.4 Å². The summed E-state index contributed by atoms with van der Waals surface area (Å²) in [5.41, 5.74) is 1.53. The summed E-state index contributed by atoms with van der Waals surface area (Å²) in [4.78, 5) is 26.0. The largest absolute Gasteiger partial charge is 0.497 e. The van der Waals surface area contributed by atoms with Crippen molar-refractivity contribution in [1.29, 1.82) is 0 Å². The fourth-order valence-electron chi connectivity index (χ4n) is 3.37. The Balaban J connectivity index is 1.92. The smallest absolute Gasteiger partial charge is 0.333 e. The molecule has 0 heterocycles. The van der Waals surface area contributed by atoms with Gasteiger partial charge in [0.05, 0.1) is 13.7 Å². The van der Waals surface area contributed by atoms with E-state index in [1.165, 1.54) is 0 Å². The van der Waals surface area contributed by atoms with Gasteiger partial charge in [-0.3, -0.25) is 0 Å². The zero-order chi connectivity index (χ0) is 26.2. The van der Waals surface area contributed by atoms with E-state index in [0.29, 0.717) is 43.5 Å². The lowest BCUT2D eigenvalue weighted by molar-refractivity contribution is -0.149. The Morgan fingerprint density at radius 1 is 1.06 bits per heavy atom. The Morgan fingerprint density at radius 3 is 2.50 bits per heavy atom. The number of nitrogens with zero attached hydrogens (tertiary/aromatic N) is 1. The summed E-state index contributed by atoms with van der Waals surface area (Å²) in [5.74, 6) is 2.30. The van der Waals surface area contributed by atoms with Gasteiger partial charge in [0.2, 0.25) is 0 Å². The molecule has 0 radical (unpaired) electrons. The fourth-order valence-corrected chi connectivity index (χ4v) is 4.42. The number of nitrogens with one attached hydrogen (secondary N) is 1. The van der Waals surface area contributed by atoms with Crippen LogP contribution in [0.5, 0.6) is 11.5 Å². The molecule has 0 aromatic heterocycles. The van der Waals surface area contributed by atoms with E-state index in [4.69, 9.17) is 14.2 Å². The minimum atomic E-state index is -0.975. The summed E-state index contributed by atoms with van der Waals surface area (Å²) >= 11 is 1.84. The Morgan fingerprint density at radius 2 is 1.83 bits per heavy atom. The van der Waals surface area contributed by atoms with Crippen molar-refractivity contribution in [2.75, 3.05) is 50.2 Å². The molecule has 36 heavy (non-hydrogen) atoms. The SMILES string of the molecule is CCCCSCCN(CCOc1ccc(CC(OCC)C(=O)O)cc1)C(=O)Nc1cccc(OC)c1. The first-order valence-electron chi connectivity index (χ1n) is 12.3. The molecule has 2 rings (SSSR count). The number of methoxy groups -OCH3 is 1. The van der Waals surface area contributed by atoms with E-state index in [0.717, 1.165) is 29.9 Å². The second-order valence-corrected chi connectivity index (χ2v) is 9.32. The van der Waals surface area contributed by atoms with Gasteiger partial charge in [0.1, 0.15) is 18.1 Å². The van der Waals surface area contributed by atoms with E-state index in [1.807, 2.05) is 42.1 Å². The zero-order valence-corrected chi connectivity index (χ0v) is 22.2. The first-order valence-corrected chi connectivity index (χ1v) is 13.5. The maximum absolute atomic E-state index is 13.0. The highest BCUT2D eigenvalue weighted by Crippen LogP contribution is 2.18. The minimum Gasteiger partial charge on any atom is -0.497 e. The van der Waals surface area contributed by atoms with Crippen molar-refractivity contribution in [2.24, 2.45) is 0 Å². The molecule has 1 atom stereocenters. The van der Waals surface area contributed by atoms with E-state index in [9.17, 15) is 14.7 Å². The lowest BCUT2D eigenvalue weighted by Crippen LogP contribution is -2.39. The Hall–Kier alpha value is -2.91. The summed E-state index contributed by atoms with van der Waals surface area (Å²) in [6.07, 6.45) is 1.74. The highest BCUT2D eigenvalue weighted by atomic mass is 32.2. The normalized spacial score (nSPS) is 11.5. The number of thioether (sulfide) groups is 1. The molecule has 0 aliphatic heterocycles. The van der Waals surface area contributed by atoms with Crippen molar-refractivity contribution in [3.63, 3.8) is 0 Å². The van der Waals surface area contributed by atoms with Gasteiger partial charge < -0.3 is 29.5 Å². The van der Waals surface area contributed by atoms with Crippen LogP contribution in [0.2, 0.25) is 0 Å². The highest BCUT2D eigenvalue weighted by molar-refractivity contribution is 7.99. The molecule has 2 N–H and O–H groups in total. The van der Waals surface area contributed by atoms with Crippen LogP contribution in [-0.4, -0.2) is 73.0 Å². The molecule has 0 aliphatic rings.